The van der Waals surface area contributed by atoms with Crippen molar-refractivity contribution in [2.24, 2.45) is 7.05 Å². The first-order chi connectivity index (χ1) is 9.70. The van der Waals surface area contributed by atoms with Gasteiger partial charge in [-0.3, -0.25) is 9.67 Å². The lowest BCUT2D eigenvalue weighted by molar-refractivity contribution is 0.622. The molecule has 0 bridgehead atoms. The molecule has 7 heteroatoms. The van der Waals surface area contributed by atoms with Gasteiger partial charge in [-0.05, 0) is 12.1 Å². The van der Waals surface area contributed by atoms with Crippen LogP contribution >= 0.6 is 0 Å². The molecule has 20 heavy (non-hydrogen) atoms. The van der Waals surface area contributed by atoms with E-state index in [1.54, 1.807) is 35.5 Å². The van der Waals surface area contributed by atoms with Gasteiger partial charge in [0.2, 0.25) is 5.95 Å². The van der Waals surface area contributed by atoms with E-state index in [2.05, 4.69) is 25.4 Å². The molecule has 3 rings (SSSR count). The molecule has 0 aliphatic heterocycles. The highest BCUT2D eigenvalue weighted by Gasteiger charge is 2.05. The summed E-state index contributed by atoms with van der Waals surface area (Å²) in [7, 11) is 1.82. The fourth-order valence-electron chi connectivity index (χ4n) is 1.75. The van der Waals surface area contributed by atoms with Gasteiger partial charge in [-0.15, -0.1) is 0 Å². The summed E-state index contributed by atoms with van der Waals surface area (Å²) in [6.07, 6.45) is 7.78. The van der Waals surface area contributed by atoms with E-state index in [9.17, 15) is 4.39 Å². The summed E-state index contributed by atoms with van der Waals surface area (Å²) in [4.78, 5) is 12.2. The Labute approximate surface area is 114 Å². The summed E-state index contributed by atoms with van der Waals surface area (Å²) in [6.45, 7) is 0. The van der Waals surface area contributed by atoms with E-state index < -0.39 is 5.82 Å². The zero-order chi connectivity index (χ0) is 13.9. The number of aryl methyl sites for hydroxylation is 1. The predicted octanol–water partition coefficient (Wildman–Crippen LogP) is 2.15. The Morgan fingerprint density at radius 2 is 2.15 bits per heavy atom. The Kier molecular flexibility index (Phi) is 3.08. The number of anilines is 2. The van der Waals surface area contributed by atoms with Gasteiger partial charge in [0.1, 0.15) is 5.82 Å². The standard InChI is InChI=1S/C13H11FN6/c1-20-8-11(7-17-20)18-13-16-3-2-12(19-13)9-4-10(14)6-15-5-9/h2-8H,1H3,(H,16,18,19). The topological polar surface area (TPSA) is 68.5 Å². The number of halogens is 1. The molecule has 0 aromatic carbocycles. The van der Waals surface area contributed by atoms with Crippen molar-refractivity contribution < 1.29 is 4.39 Å². The van der Waals surface area contributed by atoms with Crippen LogP contribution in [0.4, 0.5) is 16.0 Å². The Bertz CT molecular complexity index is 739. The molecule has 3 aromatic heterocycles. The van der Waals surface area contributed by atoms with Gasteiger partial charge in [0.15, 0.2) is 0 Å². The van der Waals surface area contributed by atoms with Gasteiger partial charge in [0.25, 0.3) is 0 Å². The minimum absolute atomic E-state index is 0.400. The Balaban J connectivity index is 1.89. The maximum absolute atomic E-state index is 13.2. The molecule has 3 heterocycles. The van der Waals surface area contributed by atoms with Crippen LogP contribution in [0.2, 0.25) is 0 Å². The summed E-state index contributed by atoms with van der Waals surface area (Å²) in [6, 6.07) is 3.08. The number of hydrogen-bond donors (Lipinski definition) is 1. The first-order valence-corrected chi connectivity index (χ1v) is 5.90. The molecule has 0 saturated carbocycles. The van der Waals surface area contributed by atoms with Gasteiger partial charge in [-0.2, -0.15) is 5.10 Å². The van der Waals surface area contributed by atoms with Crippen LogP contribution in [0, 0.1) is 5.82 Å². The van der Waals surface area contributed by atoms with Gasteiger partial charge in [-0.25, -0.2) is 14.4 Å². The van der Waals surface area contributed by atoms with Crippen molar-refractivity contribution in [2.75, 3.05) is 5.32 Å². The average molecular weight is 270 g/mol. The quantitative estimate of drug-likeness (QED) is 0.789. The predicted molar refractivity (Wildman–Crippen MR) is 71.7 cm³/mol. The zero-order valence-corrected chi connectivity index (χ0v) is 10.7. The molecule has 0 aliphatic rings. The SMILES string of the molecule is Cn1cc(Nc2nccc(-c3cncc(F)c3)n2)cn1. The molecule has 0 atom stereocenters. The molecule has 0 fully saturated rings. The van der Waals surface area contributed by atoms with Crippen LogP contribution in [-0.4, -0.2) is 24.7 Å². The van der Waals surface area contributed by atoms with Crippen molar-refractivity contribution in [1.82, 2.24) is 24.7 Å². The summed E-state index contributed by atoms with van der Waals surface area (Å²) in [5.74, 6) is 0.0163. The molecular weight excluding hydrogens is 259 g/mol. The van der Waals surface area contributed by atoms with E-state index in [0.717, 1.165) is 11.9 Å². The van der Waals surface area contributed by atoms with Crippen molar-refractivity contribution in [3.05, 3.63) is 48.9 Å². The lowest BCUT2D eigenvalue weighted by Gasteiger charge is -2.04. The van der Waals surface area contributed by atoms with E-state index in [1.165, 1.54) is 6.07 Å². The second-order valence-corrected chi connectivity index (χ2v) is 4.19. The fourth-order valence-corrected chi connectivity index (χ4v) is 1.75. The van der Waals surface area contributed by atoms with Crippen LogP contribution in [0.1, 0.15) is 0 Å². The normalized spacial score (nSPS) is 10.5. The number of hydrogen-bond acceptors (Lipinski definition) is 5. The van der Waals surface area contributed by atoms with Crippen molar-refractivity contribution in [3.63, 3.8) is 0 Å². The van der Waals surface area contributed by atoms with E-state index >= 15 is 0 Å². The summed E-state index contributed by atoms with van der Waals surface area (Å²) >= 11 is 0. The number of pyridine rings is 1. The van der Waals surface area contributed by atoms with Gasteiger partial charge < -0.3 is 5.32 Å². The molecular formula is C13H11FN6. The summed E-state index contributed by atoms with van der Waals surface area (Å²) < 4.78 is 14.8. The van der Waals surface area contributed by atoms with Crippen molar-refractivity contribution in [3.8, 4) is 11.3 Å². The second kappa shape index (κ2) is 5.04. The maximum Gasteiger partial charge on any atom is 0.227 e. The van der Waals surface area contributed by atoms with Crippen LogP contribution < -0.4 is 5.32 Å². The average Bonchev–Trinajstić information content (AvgIpc) is 2.84. The first-order valence-electron chi connectivity index (χ1n) is 5.90. The van der Waals surface area contributed by atoms with Crippen molar-refractivity contribution in [2.45, 2.75) is 0 Å². The van der Waals surface area contributed by atoms with Gasteiger partial charge in [0.05, 0.1) is 23.8 Å². The zero-order valence-electron chi connectivity index (χ0n) is 10.7. The largest absolute Gasteiger partial charge is 0.321 e. The third kappa shape index (κ3) is 2.61. The van der Waals surface area contributed by atoms with Crippen LogP contribution in [0.5, 0.6) is 0 Å². The van der Waals surface area contributed by atoms with E-state index in [0.29, 0.717) is 17.2 Å². The molecule has 0 saturated heterocycles. The Morgan fingerprint density at radius 1 is 1.25 bits per heavy atom. The highest BCUT2D eigenvalue weighted by molar-refractivity contribution is 5.60. The lowest BCUT2D eigenvalue weighted by Crippen LogP contribution is -1.97. The molecule has 3 aromatic rings. The molecule has 0 radical (unpaired) electrons. The number of nitrogens with one attached hydrogen (secondary N) is 1. The summed E-state index contributed by atoms with van der Waals surface area (Å²) in [5.41, 5.74) is 1.97. The van der Waals surface area contributed by atoms with Gasteiger partial charge >= 0.3 is 0 Å². The third-order valence-corrected chi connectivity index (χ3v) is 2.62. The molecule has 0 spiro atoms. The molecule has 0 aliphatic carbocycles. The number of nitrogens with zero attached hydrogens (tertiary/aromatic N) is 5. The van der Waals surface area contributed by atoms with Crippen LogP contribution in [0.3, 0.4) is 0 Å². The minimum atomic E-state index is -0.400. The van der Waals surface area contributed by atoms with E-state index in [-0.39, 0.29) is 0 Å². The molecule has 6 nitrogen and oxygen atoms in total. The maximum atomic E-state index is 13.2. The Hall–Kier alpha value is -2.83. The fraction of sp³-hybridized carbons (Fsp3) is 0.0769. The monoisotopic (exact) mass is 270 g/mol. The second-order valence-electron chi connectivity index (χ2n) is 4.19. The smallest absolute Gasteiger partial charge is 0.227 e. The first kappa shape index (κ1) is 12.2. The van der Waals surface area contributed by atoms with Crippen molar-refractivity contribution in [1.29, 1.82) is 0 Å². The minimum Gasteiger partial charge on any atom is -0.321 e. The van der Waals surface area contributed by atoms with E-state index in [4.69, 9.17) is 0 Å². The summed E-state index contributed by atoms with van der Waals surface area (Å²) in [5, 5.41) is 7.07. The van der Waals surface area contributed by atoms with Crippen LogP contribution in [0.25, 0.3) is 11.3 Å². The van der Waals surface area contributed by atoms with Gasteiger partial charge in [-0.1, -0.05) is 0 Å². The Morgan fingerprint density at radius 3 is 2.90 bits per heavy atom. The van der Waals surface area contributed by atoms with Crippen molar-refractivity contribution >= 4 is 11.6 Å². The number of aromatic nitrogens is 5. The third-order valence-electron chi connectivity index (χ3n) is 2.62. The van der Waals surface area contributed by atoms with Crippen LogP contribution in [-0.2, 0) is 7.05 Å². The van der Waals surface area contributed by atoms with Gasteiger partial charge in [0, 0.05) is 31.2 Å². The highest BCUT2D eigenvalue weighted by Crippen LogP contribution is 2.18. The number of rotatable bonds is 3. The lowest BCUT2D eigenvalue weighted by atomic mass is 10.2. The molecule has 0 unspecified atom stereocenters. The molecule has 0 amide bonds. The van der Waals surface area contributed by atoms with Crippen LogP contribution in [0.15, 0.2) is 43.1 Å². The van der Waals surface area contributed by atoms with E-state index in [1.807, 2.05) is 7.05 Å². The molecule has 100 valence electrons. The molecule has 1 N–H and O–H groups in total. The highest BCUT2D eigenvalue weighted by atomic mass is 19.1.